The summed E-state index contributed by atoms with van der Waals surface area (Å²) in [6.07, 6.45) is -0.679. The van der Waals surface area contributed by atoms with Crippen molar-refractivity contribution in [3.63, 3.8) is 0 Å². The summed E-state index contributed by atoms with van der Waals surface area (Å²) in [6.45, 7) is 2.59. The van der Waals surface area contributed by atoms with E-state index in [2.05, 4.69) is 5.53 Å². The number of aryl methyl sites for hydroxylation is 1. The first-order valence-corrected chi connectivity index (χ1v) is 7.36. The van der Waals surface area contributed by atoms with E-state index in [0.717, 1.165) is 17.1 Å². The molecular weight excluding hydrogens is 294 g/mol. The van der Waals surface area contributed by atoms with Gasteiger partial charge in [-0.25, -0.2) is 5.84 Å². The molecule has 0 bridgehead atoms. The number of aliphatic hydroxyl groups is 1. The number of nitrogens with zero attached hydrogens (tertiary/aromatic N) is 3. The molecule has 7 heteroatoms. The number of hydrogen-bond acceptors (Lipinski definition) is 6. The van der Waals surface area contributed by atoms with Crippen molar-refractivity contribution < 1.29 is 10.6 Å². The van der Waals surface area contributed by atoms with Crippen LogP contribution in [0.5, 0.6) is 0 Å². The number of nitrogens with two attached hydrogens (primary N) is 1. The molecule has 4 rings (SSSR count). The van der Waals surface area contributed by atoms with Gasteiger partial charge in [0.15, 0.2) is 6.23 Å². The Hall–Kier alpha value is -2.32. The smallest absolute Gasteiger partial charge is 0.166 e. The SMILES string of the molecule is Cc1ccc(N2NN3c4ccccc4N(N)CC3C2O)cc1.O. The molecule has 7 nitrogen and oxygen atoms in total. The molecule has 0 radical (unpaired) electrons. The Kier molecular flexibility index (Phi) is 3.87. The lowest BCUT2D eigenvalue weighted by molar-refractivity contribution is 0.164. The van der Waals surface area contributed by atoms with E-state index in [-0.39, 0.29) is 11.5 Å². The first kappa shape index (κ1) is 15.6. The lowest BCUT2D eigenvalue weighted by Gasteiger charge is -2.37. The molecule has 2 aliphatic rings. The van der Waals surface area contributed by atoms with Gasteiger partial charge in [-0.2, -0.15) is 0 Å². The molecule has 2 aromatic carbocycles. The molecule has 0 spiro atoms. The number of hydrazine groups is 3. The van der Waals surface area contributed by atoms with Crippen LogP contribution in [0, 0.1) is 6.92 Å². The average Bonchev–Trinajstić information content (AvgIpc) is 2.86. The van der Waals surface area contributed by atoms with Crippen molar-refractivity contribution in [1.29, 1.82) is 0 Å². The zero-order valence-corrected chi connectivity index (χ0v) is 12.8. The molecule has 0 amide bonds. The summed E-state index contributed by atoms with van der Waals surface area (Å²) < 4.78 is 0. The minimum Gasteiger partial charge on any atom is -0.412 e. The van der Waals surface area contributed by atoms with Gasteiger partial charge in [0.1, 0.15) is 6.04 Å². The van der Waals surface area contributed by atoms with E-state index in [1.165, 1.54) is 5.56 Å². The molecule has 2 atom stereocenters. The summed E-state index contributed by atoms with van der Waals surface area (Å²) >= 11 is 0. The molecule has 2 unspecified atom stereocenters. The fourth-order valence-electron chi connectivity index (χ4n) is 3.09. The van der Waals surface area contributed by atoms with E-state index in [9.17, 15) is 5.11 Å². The topological polar surface area (TPSA) is 99.5 Å². The second kappa shape index (κ2) is 5.71. The third-order valence-electron chi connectivity index (χ3n) is 4.30. The minimum absolute atomic E-state index is 0. The van der Waals surface area contributed by atoms with Crippen LogP contribution in [0.25, 0.3) is 0 Å². The summed E-state index contributed by atoms with van der Waals surface area (Å²) in [5.74, 6) is 6.12. The maximum Gasteiger partial charge on any atom is 0.166 e. The van der Waals surface area contributed by atoms with Crippen molar-refractivity contribution in [2.24, 2.45) is 5.84 Å². The molecule has 122 valence electrons. The van der Waals surface area contributed by atoms with Crippen LogP contribution in [0.3, 0.4) is 0 Å². The molecule has 0 aromatic heterocycles. The van der Waals surface area contributed by atoms with Crippen molar-refractivity contribution in [3.8, 4) is 0 Å². The van der Waals surface area contributed by atoms with E-state index in [1.807, 2.05) is 60.5 Å². The highest BCUT2D eigenvalue weighted by Gasteiger charge is 2.44. The largest absolute Gasteiger partial charge is 0.412 e. The number of para-hydroxylation sites is 2. The molecule has 0 aliphatic carbocycles. The molecule has 23 heavy (non-hydrogen) atoms. The van der Waals surface area contributed by atoms with Gasteiger partial charge in [-0.3, -0.25) is 10.0 Å². The summed E-state index contributed by atoms with van der Waals surface area (Å²) in [6, 6.07) is 15.8. The van der Waals surface area contributed by atoms with Crippen LogP contribution in [0.1, 0.15) is 5.56 Å². The molecule has 2 aromatic rings. The number of anilines is 3. The van der Waals surface area contributed by atoms with Crippen LogP contribution >= 0.6 is 0 Å². The van der Waals surface area contributed by atoms with Gasteiger partial charge in [0, 0.05) is 0 Å². The maximum atomic E-state index is 10.7. The van der Waals surface area contributed by atoms with E-state index in [1.54, 1.807) is 10.0 Å². The number of fused-ring (bicyclic) bond motifs is 3. The summed E-state index contributed by atoms with van der Waals surface area (Å²) in [5, 5.41) is 16.2. The number of benzene rings is 2. The van der Waals surface area contributed by atoms with E-state index >= 15 is 0 Å². The van der Waals surface area contributed by atoms with E-state index in [0.29, 0.717) is 6.54 Å². The average molecular weight is 315 g/mol. The van der Waals surface area contributed by atoms with Gasteiger partial charge in [-0.15, -0.1) is 5.53 Å². The van der Waals surface area contributed by atoms with E-state index < -0.39 is 6.23 Å². The van der Waals surface area contributed by atoms with Crippen molar-refractivity contribution in [1.82, 2.24) is 5.53 Å². The van der Waals surface area contributed by atoms with E-state index in [4.69, 9.17) is 5.84 Å². The predicted octanol–water partition coefficient (Wildman–Crippen LogP) is 0.297. The molecule has 2 aliphatic heterocycles. The highest BCUT2D eigenvalue weighted by atomic mass is 16.3. The molecule has 1 fully saturated rings. The molecule has 6 N–H and O–H groups in total. The van der Waals surface area contributed by atoms with Crippen molar-refractivity contribution in [3.05, 3.63) is 54.1 Å². The van der Waals surface area contributed by atoms with Crippen molar-refractivity contribution in [2.75, 3.05) is 21.6 Å². The quantitative estimate of drug-likeness (QED) is 0.655. The zero-order valence-electron chi connectivity index (χ0n) is 12.8. The van der Waals surface area contributed by atoms with Crippen LogP contribution in [-0.4, -0.2) is 29.4 Å². The van der Waals surface area contributed by atoms with Crippen LogP contribution in [0.2, 0.25) is 0 Å². The number of hydrogen-bond donors (Lipinski definition) is 3. The highest BCUT2D eigenvalue weighted by Crippen LogP contribution is 2.37. The van der Waals surface area contributed by atoms with Crippen LogP contribution in [0.15, 0.2) is 48.5 Å². The summed E-state index contributed by atoms with van der Waals surface area (Å²) in [7, 11) is 0. The Morgan fingerprint density at radius 2 is 1.70 bits per heavy atom. The molecule has 0 saturated carbocycles. The van der Waals surface area contributed by atoms with Gasteiger partial charge in [0.25, 0.3) is 0 Å². The zero-order chi connectivity index (χ0) is 15.3. The Balaban J connectivity index is 0.00000156. The van der Waals surface area contributed by atoms with Gasteiger partial charge in [-0.1, -0.05) is 29.8 Å². The van der Waals surface area contributed by atoms with Gasteiger partial charge >= 0.3 is 0 Å². The van der Waals surface area contributed by atoms with Crippen LogP contribution in [0.4, 0.5) is 17.1 Å². The highest BCUT2D eigenvalue weighted by molar-refractivity contribution is 5.74. The summed E-state index contributed by atoms with van der Waals surface area (Å²) in [5.41, 5.74) is 7.32. The van der Waals surface area contributed by atoms with Crippen LogP contribution in [-0.2, 0) is 0 Å². The van der Waals surface area contributed by atoms with Gasteiger partial charge in [-0.05, 0) is 31.2 Å². The number of aliphatic hydroxyl groups excluding tert-OH is 1. The van der Waals surface area contributed by atoms with Crippen molar-refractivity contribution in [2.45, 2.75) is 19.2 Å². The van der Waals surface area contributed by atoms with Gasteiger partial charge < -0.3 is 15.6 Å². The van der Waals surface area contributed by atoms with Crippen molar-refractivity contribution >= 4 is 17.1 Å². The van der Waals surface area contributed by atoms with Gasteiger partial charge in [0.05, 0.1) is 23.6 Å². The fourth-order valence-corrected chi connectivity index (χ4v) is 3.09. The second-order valence-corrected chi connectivity index (χ2v) is 5.80. The third kappa shape index (κ3) is 2.40. The standard InChI is InChI=1S/C16H19N5O.H2O/c1-11-6-8-12(9-7-11)20-16(22)15-10-19(17)13-4-2-3-5-14(13)21(15)18-20;/h2-9,15-16,18,22H,10,17H2,1H3;1H2. The molecule has 2 heterocycles. The number of nitrogens with one attached hydrogen (secondary N) is 1. The minimum atomic E-state index is -0.679. The second-order valence-electron chi connectivity index (χ2n) is 5.80. The first-order chi connectivity index (χ1) is 10.6. The lowest BCUT2D eigenvalue weighted by atomic mass is 10.1. The first-order valence-electron chi connectivity index (χ1n) is 7.36. The Labute approximate surface area is 134 Å². The fraction of sp³-hybridized carbons (Fsp3) is 0.250. The summed E-state index contributed by atoms with van der Waals surface area (Å²) in [4.78, 5) is 0. The Morgan fingerprint density at radius 1 is 1.04 bits per heavy atom. The lowest BCUT2D eigenvalue weighted by Crippen LogP contribution is -2.53. The predicted molar refractivity (Wildman–Crippen MR) is 90.7 cm³/mol. The van der Waals surface area contributed by atoms with Crippen LogP contribution < -0.4 is 26.4 Å². The van der Waals surface area contributed by atoms with Gasteiger partial charge in [0.2, 0.25) is 0 Å². The maximum absolute atomic E-state index is 10.7. The number of rotatable bonds is 1. The third-order valence-corrected chi connectivity index (χ3v) is 4.30. The Bertz CT molecular complexity index is 693. The monoisotopic (exact) mass is 315 g/mol. The molecule has 1 saturated heterocycles. The Morgan fingerprint density at radius 3 is 2.39 bits per heavy atom. The molecular formula is C16H21N5O2. The normalized spacial score (nSPS) is 22.5.